The van der Waals surface area contributed by atoms with Gasteiger partial charge >= 0.3 is 0 Å². The number of hydrogen-bond donors (Lipinski definition) is 2. The number of nitrogens with one attached hydrogen (secondary N) is 2. The van der Waals surface area contributed by atoms with E-state index in [0.29, 0.717) is 22.8 Å². The Kier molecular flexibility index (Phi) is 3.83. The molecule has 0 bridgehead atoms. The molecule has 0 saturated heterocycles. The van der Waals surface area contributed by atoms with Crippen LogP contribution < -0.4 is 4.72 Å². The average molecular weight is 337 g/mol. The topological polar surface area (TPSA) is 101 Å². The van der Waals surface area contributed by atoms with Gasteiger partial charge in [0.25, 0.3) is 10.0 Å². The Balaban J connectivity index is 1.98. The van der Waals surface area contributed by atoms with E-state index in [1.165, 1.54) is 6.07 Å². The van der Waals surface area contributed by atoms with Crippen LogP contribution in [-0.2, 0) is 16.4 Å². The Morgan fingerprint density at radius 2 is 2.14 bits per heavy atom. The molecule has 0 spiro atoms. The molecule has 0 aliphatic heterocycles. The predicted molar refractivity (Wildman–Crippen MR) is 85.4 cm³/mol. The molecule has 0 saturated carbocycles. The summed E-state index contributed by atoms with van der Waals surface area (Å²) in [4.78, 5) is 0.115. The van der Waals surface area contributed by atoms with E-state index in [9.17, 15) is 8.42 Å². The highest BCUT2D eigenvalue weighted by atomic mass is 32.2. The zero-order chi connectivity index (χ0) is 15.7. The largest absolute Gasteiger partial charge is 0.265 e. The highest BCUT2D eigenvalue weighted by molar-refractivity contribution is 7.93. The molecule has 0 fully saturated rings. The Bertz CT molecular complexity index is 898. The second kappa shape index (κ2) is 5.65. The van der Waals surface area contributed by atoms with Crippen LogP contribution in [0, 0.1) is 5.92 Å². The standard InChI is InChI=1S/C13H15N5O2S2/c1-8(2)6-9-7-14-15-13(9)18-22(19,20)11-5-3-4-10-12(11)17-21-16-10/h3-5,7-8H,6H2,1-2H3,(H2,14,15,18). The molecule has 0 unspecified atom stereocenters. The quantitative estimate of drug-likeness (QED) is 0.744. The van der Waals surface area contributed by atoms with Crippen molar-refractivity contribution in [1.29, 1.82) is 0 Å². The summed E-state index contributed by atoms with van der Waals surface area (Å²) in [5.74, 6) is 0.793. The number of rotatable bonds is 5. The number of aromatic nitrogens is 4. The number of aromatic amines is 1. The fourth-order valence-corrected chi connectivity index (χ4v) is 4.01. The third kappa shape index (κ3) is 2.81. The predicted octanol–water partition coefficient (Wildman–Crippen LogP) is 2.41. The van der Waals surface area contributed by atoms with Crippen LogP contribution in [0.3, 0.4) is 0 Å². The summed E-state index contributed by atoms with van der Waals surface area (Å²) < 4.78 is 36.0. The summed E-state index contributed by atoms with van der Waals surface area (Å²) in [6.45, 7) is 4.12. The van der Waals surface area contributed by atoms with Gasteiger partial charge in [0.2, 0.25) is 0 Å². The molecule has 0 aliphatic carbocycles. The summed E-state index contributed by atoms with van der Waals surface area (Å²) in [6, 6.07) is 4.91. The molecule has 1 aromatic carbocycles. The van der Waals surface area contributed by atoms with Gasteiger partial charge in [-0.2, -0.15) is 13.8 Å². The molecule has 3 rings (SSSR count). The van der Waals surface area contributed by atoms with E-state index in [1.807, 2.05) is 0 Å². The maximum Gasteiger partial charge on any atom is 0.265 e. The molecule has 0 amide bonds. The lowest BCUT2D eigenvalue weighted by Crippen LogP contribution is -2.15. The van der Waals surface area contributed by atoms with Gasteiger partial charge in [-0.25, -0.2) is 8.42 Å². The summed E-state index contributed by atoms with van der Waals surface area (Å²) in [5.41, 5.74) is 1.78. The van der Waals surface area contributed by atoms with Crippen LogP contribution in [0.1, 0.15) is 19.4 Å². The Morgan fingerprint density at radius 1 is 1.32 bits per heavy atom. The molecule has 22 heavy (non-hydrogen) atoms. The van der Waals surface area contributed by atoms with Crippen molar-refractivity contribution in [2.24, 2.45) is 5.92 Å². The van der Waals surface area contributed by atoms with Gasteiger partial charge in [0.05, 0.1) is 17.9 Å². The minimum absolute atomic E-state index is 0.115. The normalized spacial score (nSPS) is 12.1. The van der Waals surface area contributed by atoms with Crippen LogP contribution in [0.4, 0.5) is 5.82 Å². The molecular weight excluding hydrogens is 322 g/mol. The molecule has 2 heterocycles. The second-order valence-electron chi connectivity index (χ2n) is 5.36. The lowest BCUT2D eigenvalue weighted by Gasteiger charge is -2.09. The van der Waals surface area contributed by atoms with Gasteiger partial charge in [-0.1, -0.05) is 19.9 Å². The van der Waals surface area contributed by atoms with Crippen LogP contribution in [0.5, 0.6) is 0 Å². The van der Waals surface area contributed by atoms with E-state index in [-0.39, 0.29) is 4.90 Å². The fraction of sp³-hybridized carbons (Fsp3) is 0.308. The van der Waals surface area contributed by atoms with Crippen molar-refractivity contribution in [3.05, 3.63) is 30.0 Å². The van der Waals surface area contributed by atoms with Gasteiger partial charge in [0.15, 0.2) is 0 Å². The first-order chi connectivity index (χ1) is 10.5. The van der Waals surface area contributed by atoms with Gasteiger partial charge in [-0.05, 0) is 24.5 Å². The van der Waals surface area contributed by atoms with E-state index >= 15 is 0 Å². The monoisotopic (exact) mass is 337 g/mol. The lowest BCUT2D eigenvalue weighted by atomic mass is 10.1. The van der Waals surface area contributed by atoms with Crippen molar-refractivity contribution in [2.45, 2.75) is 25.2 Å². The van der Waals surface area contributed by atoms with Crippen LogP contribution in [0.2, 0.25) is 0 Å². The van der Waals surface area contributed by atoms with Crippen LogP contribution in [-0.4, -0.2) is 27.4 Å². The van der Waals surface area contributed by atoms with E-state index in [0.717, 1.165) is 23.7 Å². The molecule has 3 aromatic rings. The Morgan fingerprint density at radius 3 is 2.91 bits per heavy atom. The lowest BCUT2D eigenvalue weighted by molar-refractivity contribution is 0.601. The molecule has 0 atom stereocenters. The zero-order valence-corrected chi connectivity index (χ0v) is 13.7. The fourth-order valence-electron chi connectivity index (χ4n) is 2.18. The summed E-state index contributed by atoms with van der Waals surface area (Å²) in [7, 11) is -3.76. The maximum absolute atomic E-state index is 12.6. The van der Waals surface area contributed by atoms with Crippen LogP contribution in [0.25, 0.3) is 11.0 Å². The molecular formula is C13H15N5O2S2. The van der Waals surface area contributed by atoms with Crippen molar-refractivity contribution in [1.82, 2.24) is 18.9 Å². The smallest absolute Gasteiger partial charge is 0.263 e. The number of nitrogens with zero attached hydrogens (tertiary/aromatic N) is 3. The molecule has 2 N–H and O–H groups in total. The number of sulfonamides is 1. The van der Waals surface area contributed by atoms with Crippen LogP contribution >= 0.6 is 11.7 Å². The molecule has 9 heteroatoms. The molecule has 2 aromatic heterocycles. The number of benzene rings is 1. The third-order valence-electron chi connectivity index (χ3n) is 3.12. The van der Waals surface area contributed by atoms with Crippen molar-refractivity contribution >= 4 is 38.6 Å². The van der Waals surface area contributed by atoms with E-state index < -0.39 is 10.0 Å². The second-order valence-corrected chi connectivity index (χ2v) is 7.54. The summed E-state index contributed by atoms with van der Waals surface area (Å²) in [5, 5.41) is 6.63. The van der Waals surface area contributed by atoms with Gasteiger partial charge in [0.1, 0.15) is 21.7 Å². The SMILES string of the molecule is CC(C)Cc1cn[nH]c1NS(=O)(=O)c1cccc2nsnc12. The summed E-state index contributed by atoms with van der Waals surface area (Å²) >= 11 is 0.990. The minimum Gasteiger partial charge on any atom is -0.263 e. The molecule has 0 aliphatic rings. The number of H-pyrrole nitrogens is 1. The number of hydrogen-bond acceptors (Lipinski definition) is 6. The van der Waals surface area contributed by atoms with Crippen molar-refractivity contribution in [2.75, 3.05) is 4.72 Å². The van der Waals surface area contributed by atoms with Gasteiger partial charge in [0, 0.05) is 5.56 Å². The van der Waals surface area contributed by atoms with Gasteiger partial charge in [-0.3, -0.25) is 9.82 Å². The maximum atomic E-state index is 12.6. The highest BCUT2D eigenvalue weighted by Crippen LogP contribution is 2.24. The highest BCUT2D eigenvalue weighted by Gasteiger charge is 2.21. The van der Waals surface area contributed by atoms with Crippen molar-refractivity contribution in [3.63, 3.8) is 0 Å². The number of anilines is 1. The first kappa shape index (κ1) is 14.9. The van der Waals surface area contributed by atoms with E-state index in [2.05, 4.69) is 37.5 Å². The van der Waals surface area contributed by atoms with Crippen molar-refractivity contribution in [3.8, 4) is 0 Å². The van der Waals surface area contributed by atoms with Crippen molar-refractivity contribution < 1.29 is 8.42 Å². The Labute approximate surface area is 132 Å². The van der Waals surface area contributed by atoms with E-state index in [4.69, 9.17) is 0 Å². The zero-order valence-electron chi connectivity index (χ0n) is 12.1. The van der Waals surface area contributed by atoms with Gasteiger partial charge < -0.3 is 0 Å². The van der Waals surface area contributed by atoms with Gasteiger partial charge in [-0.15, -0.1) is 0 Å². The molecule has 0 radical (unpaired) electrons. The third-order valence-corrected chi connectivity index (χ3v) is 5.04. The molecule has 116 valence electrons. The van der Waals surface area contributed by atoms with E-state index in [1.54, 1.807) is 18.3 Å². The minimum atomic E-state index is -3.76. The first-order valence-corrected chi connectivity index (χ1v) is 8.95. The molecule has 7 nitrogen and oxygen atoms in total. The van der Waals surface area contributed by atoms with Crippen LogP contribution in [0.15, 0.2) is 29.3 Å². The first-order valence-electron chi connectivity index (χ1n) is 6.73. The summed E-state index contributed by atoms with van der Waals surface area (Å²) in [6.07, 6.45) is 2.37. The Hall–Kier alpha value is -2.00. The average Bonchev–Trinajstić information content (AvgIpc) is 3.07. The number of fused-ring (bicyclic) bond motifs is 1.